The van der Waals surface area contributed by atoms with Gasteiger partial charge in [-0.1, -0.05) is 0 Å². The molecule has 0 unspecified atom stereocenters. The molecule has 0 atom stereocenters. The molecule has 1 aromatic carbocycles. The number of aryl methyl sites for hydroxylation is 2. The molecular weight excluding hydrogens is 501 g/mol. The first-order valence-corrected chi connectivity index (χ1v) is 13.2. The highest BCUT2D eigenvalue weighted by Crippen LogP contribution is 2.29. The van der Waals surface area contributed by atoms with E-state index in [0.717, 1.165) is 23.9 Å². The van der Waals surface area contributed by atoms with Gasteiger partial charge in [-0.3, -0.25) is 9.48 Å². The maximum Gasteiger partial charge on any atom is 0.410 e. The van der Waals surface area contributed by atoms with E-state index in [0.29, 0.717) is 42.1 Å². The highest BCUT2D eigenvalue weighted by molar-refractivity contribution is 6.13. The van der Waals surface area contributed by atoms with Crippen LogP contribution >= 0.6 is 0 Å². The van der Waals surface area contributed by atoms with E-state index >= 15 is 0 Å². The van der Waals surface area contributed by atoms with E-state index in [9.17, 15) is 14.0 Å². The van der Waals surface area contributed by atoms with Crippen LogP contribution in [0.1, 0.15) is 56.6 Å². The normalized spacial score (nSPS) is 14.7. The Morgan fingerprint density at radius 2 is 1.90 bits per heavy atom. The van der Waals surface area contributed by atoms with Gasteiger partial charge in [0.1, 0.15) is 11.1 Å². The smallest absolute Gasteiger partial charge is 0.410 e. The van der Waals surface area contributed by atoms with Crippen LogP contribution < -0.4 is 10.6 Å². The van der Waals surface area contributed by atoms with Crippen LogP contribution in [0, 0.1) is 12.7 Å². The van der Waals surface area contributed by atoms with Crippen LogP contribution in [0.4, 0.5) is 20.6 Å². The molecule has 0 aliphatic carbocycles. The first-order chi connectivity index (χ1) is 18.5. The molecule has 4 heterocycles. The Morgan fingerprint density at radius 3 is 2.59 bits per heavy atom. The van der Waals surface area contributed by atoms with Gasteiger partial charge in [0.2, 0.25) is 0 Å². The number of halogens is 1. The van der Waals surface area contributed by atoms with Gasteiger partial charge in [0.05, 0.1) is 16.9 Å². The SMILES string of the molecule is CCn1cc2c(NC3CCN(C(=O)OC(C)(C)C)CC3)ccc(C(=O)Nc3cc(F)c4nc(C)cn4c3)c2n1. The molecule has 2 N–H and O–H groups in total. The molecule has 0 saturated carbocycles. The van der Waals surface area contributed by atoms with E-state index < -0.39 is 11.4 Å². The predicted molar refractivity (Wildman–Crippen MR) is 148 cm³/mol. The number of benzene rings is 1. The molecule has 1 aliphatic rings. The average molecular weight is 536 g/mol. The number of piperidine rings is 1. The average Bonchev–Trinajstić information content (AvgIpc) is 3.47. The summed E-state index contributed by atoms with van der Waals surface area (Å²) in [6.45, 7) is 11.2. The van der Waals surface area contributed by atoms with Crippen molar-refractivity contribution in [2.75, 3.05) is 23.7 Å². The molecule has 206 valence electrons. The van der Waals surface area contributed by atoms with Crippen LogP contribution in [0.3, 0.4) is 0 Å². The summed E-state index contributed by atoms with van der Waals surface area (Å²) < 4.78 is 23.4. The van der Waals surface area contributed by atoms with Crippen molar-refractivity contribution in [3.05, 3.63) is 53.9 Å². The number of fused-ring (bicyclic) bond motifs is 2. The van der Waals surface area contributed by atoms with Gasteiger partial charge in [0, 0.05) is 61.4 Å². The van der Waals surface area contributed by atoms with Gasteiger partial charge in [-0.15, -0.1) is 0 Å². The molecule has 4 aromatic rings. The van der Waals surface area contributed by atoms with E-state index in [1.807, 2.05) is 40.0 Å². The summed E-state index contributed by atoms with van der Waals surface area (Å²) in [6, 6.07) is 5.03. The van der Waals surface area contributed by atoms with Crippen LogP contribution in [0.15, 0.2) is 36.8 Å². The van der Waals surface area contributed by atoms with Gasteiger partial charge in [0.15, 0.2) is 11.5 Å². The van der Waals surface area contributed by atoms with Gasteiger partial charge in [-0.05, 0) is 59.6 Å². The number of rotatable bonds is 5. The Hall–Kier alpha value is -4.15. The molecule has 0 radical (unpaired) electrons. The number of amides is 2. The molecule has 2 amide bonds. The molecular formula is C28H34FN7O3. The maximum absolute atomic E-state index is 14.5. The van der Waals surface area contributed by atoms with Crippen LogP contribution in [-0.4, -0.2) is 60.8 Å². The molecule has 0 bridgehead atoms. The Morgan fingerprint density at radius 1 is 1.15 bits per heavy atom. The first-order valence-electron chi connectivity index (χ1n) is 13.2. The third-order valence-electron chi connectivity index (χ3n) is 6.68. The predicted octanol–water partition coefficient (Wildman–Crippen LogP) is 5.22. The quantitative estimate of drug-likeness (QED) is 0.363. The minimum Gasteiger partial charge on any atom is -0.444 e. The monoisotopic (exact) mass is 535 g/mol. The number of pyridine rings is 1. The molecule has 39 heavy (non-hydrogen) atoms. The number of imidazole rings is 1. The van der Waals surface area contributed by atoms with Gasteiger partial charge in [0.25, 0.3) is 5.91 Å². The van der Waals surface area contributed by atoms with Gasteiger partial charge >= 0.3 is 6.09 Å². The third kappa shape index (κ3) is 5.67. The Balaban J connectivity index is 1.33. The second kappa shape index (κ2) is 10.2. The largest absolute Gasteiger partial charge is 0.444 e. The number of anilines is 2. The maximum atomic E-state index is 14.5. The topological polar surface area (TPSA) is 106 Å². The second-order valence-corrected chi connectivity index (χ2v) is 10.9. The molecule has 1 aliphatic heterocycles. The van der Waals surface area contributed by atoms with Crippen molar-refractivity contribution < 1.29 is 18.7 Å². The number of likely N-dealkylation sites (tertiary alicyclic amines) is 1. The fourth-order valence-corrected chi connectivity index (χ4v) is 4.82. The standard InChI is InChI=1S/C28H34FN7O3/c1-6-36-16-21-23(31-18-9-11-34(12-10-18)27(38)39-28(3,4)5)8-7-20(24(21)33-36)26(37)32-19-13-22(29)25-30-17(2)14-35(25)15-19/h7-8,13-16,18,31H,6,9-12H2,1-5H3,(H,32,37). The lowest BCUT2D eigenvalue weighted by molar-refractivity contribution is 0.0210. The first kappa shape index (κ1) is 26.5. The van der Waals surface area contributed by atoms with Crippen molar-refractivity contribution in [1.29, 1.82) is 0 Å². The highest BCUT2D eigenvalue weighted by atomic mass is 19.1. The van der Waals surface area contributed by atoms with Gasteiger partial charge in [-0.2, -0.15) is 5.10 Å². The molecule has 1 fully saturated rings. The van der Waals surface area contributed by atoms with Crippen LogP contribution in [0.2, 0.25) is 0 Å². The zero-order valence-corrected chi connectivity index (χ0v) is 22.9. The number of ether oxygens (including phenoxy) is 1. The zero-order chi connectivity index (χ0) is 27.9. The van der Waals surface area contributed by atoms with Crippen molar-refractivity contribution in [2.24, 2.45) is 0 Å². The van der Waals surface area contributed by atoms with Crippen molar-refractivity contribution in [1.82, 2.24) is 24.1 Å². The number of nitrogens with one attached hydrogen (secondary N) is 2. The van der Waals surface area contributed by atoms with E-state index in [-0.39, 0.29) is 23.7 Å². The highest BCUT2D eigenvalue weighted by Gasteiger charge is 2.27. The lowest BCUT2D eigenvalue weighted by atomic mass is 10.0. The van der Waals surface area contributed by atoms with E-state index in [2.05, 4.69) is 20.7 Å². The van der Waals surface area contributed by atoms with Crippen LogP contribution in [0.25, 0.3) is 16.6 Å². The minimum atomic E-state index is -0.523. The molecule has 1 saturated heterocycles. The fraction of sp³-hybridized carbons (Fsp3) is 0.429. The number of aromatic nitrogens is 4. The van der Waals surface area contributed by atoms with E-state index in [1.54, 1.807) is 39.4 Å². The van der Waals surface area contributed by atoms with Crippen molar-refractivity contribution in [3.8, 4) is 0 Å². The third-order valence-corrected chi connectivity index (χ3v) is 6.68. The summed E-state index contributed by atoms with van der Waals surface area (Å²) in [5.41, 5.74) is 2.52. The van der Waals surface area contributed by atoms with Crippen molar-refractivity contribution >= 4 is 39.9 Å². The minimum absolute atomic E-state index is 0.157. The van der Waals surface area contributed by atoms with Crippen LogP contribution in [-0.2, 0) is 11.3 Å². The summed E-state index contributed by atoms with van der Waals surface area (Å²) in [7, 11) is 0. The van der Waals surface area contributed by atoms with Crippen molar-refractivity contribution in [2.45, 2.75) is 65.6 Å². The van der Waals surface area contributed by atoms with Gasteiger partial charge < -0.3 is 24.7 Å². The molecule has 5 rings (SSSR count). The molecule has 11 heteroatoms. The number of carbonyl (C=O) groups is 2. The van der Waals surface area contributed by atoms with E-state index in [4.69, 9.17) is 4.74 Å². The van der Waals surface area contributed by atoms with E-state index in [1.165, 1.54) is 6.07 Å². The summed E-state index contributed by atoms with van der Waals surface area (Å²) >= 11 is 0. The van der Waals surface area contributed by atoms with Crippen molar-refractivity contribution in [3.63, 3.8) is 0 Å². The fourth-order valence-electron chi connectivity index (χ4n) is 4.82. The zero-order valence-electron chi connectivity index (χ0n) is 22.9. The lowest BCUT2D eigenvalue weighted by Crippen LogP contribution is -2.44. The number of hydrogen-bond acceptors (Lipinski definition) is 6. The Labute approximate surface area is 226 Å². The number of carbonyl (C=O) groups excluding carboxylic acids is 2. The summed E-state index contributed by atoms with van der Waals surface area (Å²) in [6.07, 6.45) is 6.51. The summed E-state index contributed by atoms with van der Waals surface area (Å²) in [5.74, 6) is -0.896. The lowest BCUT2D eigenvalue weighted by Gasteiger charge is -2.34. The molecule has 10 nitrogen and oxygen atoms in total. The molecule has 3 aromatic heterocycles. The van der Waals surface area contributed by atoms with Crippen LogP contribution in [0.5, 0.6) is 0 Å². The number of hydrogen-bond donors (Lipinski definition) is 2. The summed E-state index contributed by atoms with van der Waals surface area (Å²) in [4.78, 5) is 31.6. The Kier molecular flexibility index (Phi) is 6.92. The number of nitrogens with zero attached hydrogens (tertiary/aromatic N) is 5. The summed E-state index contributed by atoms with van der Waals surface area (Å²) in [5, 5.41) is 11.9. The van der Waals surface area contributed by atoms with Gasteiger partial charge in [-0.25, -0.2) is 14.2 Å². The molecule has 0 spiro atoms. The Bertz CT molecular complexity index is 1540. The second-order valence-electron chi connectivity index (χ2n) is 10.9.